The van der Waals surface area contributed by atoms with Crippen molar-refractivity contribution in [1.82, 2.24) is 30.2 Å². The van der Waals surface area contributed by atoms with E-state index < -0.39 is 0 Å². The van der Waals surface area contributed by atoms with E-state index in [-0.39, 0.29) is 0 Å². The van der Waals surface area contributed by atoms with Gasteiger partial charge in [0, 0.05) is 12.7 Å². The smallest absolute Gasteiger partial charge is 0.223 e. The molecule has 0 aliphatic carbocycles. The maximum atomic E-state index is 4.39. The van der Waals surface area contributed by atoms with E-state index in [4.69, 9.17) is 0 Å². The van der Waals surface area contributed by atoms with Gasteiger partial charge in [-0.3, -0.25) is 0 Å². The zero-order valence-electron chi connectivity index (χ0n) is 11.6. The molecule has 1 aromatic carbocycles. The minimum absolute atomic E-state index is 0.580. The summed E-state index contributed by atoms with van der Waals surface area (Å²) in [5, 5.41) is 16.2. The molecule has 2 aromatic heterocycles. The number of anilines is 1. The Morgan fingerprint density at radius 3 is 2.71 bits per heavy atom. The summed E-state index contributed by atoms with van der Waals surface area (Å²) in [7, 11) is 1.79. The van der Waals surface area contributed by atoms with Crippen molar-refractivity contribution in [2.75, 3.05) is 12.4 Å². The number of hydrogen-bond acceptors (Lipinski definition) is 7. The highest BCUT2D eigenvalue weighted by atomic mass is 32.2. The second-order valence-corrected chi connectivity index (χ2v) is 5.22. The lowest BCUT2D eigenvalue weighted by atomic mass is 10.3. The average molecular weight is 299 g/mol. The molecule has 0 saturated heterocycles. The van der Waals surface area contributed by atoms with Gasteiger partial charge in [-0.2, -0.15) is 4.68 Å². The maximum Gasteiger partial charge on any atom is 0.223 e. The molecule has 0 unspecified atom stereocenters. The van der Waals surface area contributed by atoms with E-state index >= 15 is 0 Å². The van der Waals surface area contributed by atoms with Crippen molar-refractivity contribution >= 4 is 17.7 Å². The number of aryl methyl sites for hydroxylation is 1. The molecule has 3 rings (SSSR count). The van der Waals surface area contributed by atoms with Crippen LogP contribution in [0.25, 0.3) is 5.69 Å². The molecule has 0 saturated carbocycles. The molecule has 0 radical (unpaired) electrons. The highest BCUT2D eigenvalue weighted by Gasteiger charge is 2.11. The normalized spacial score (nSPS) is 10.6. The number of para-hydroxylation sites is 1. The first-order valence-electron chi connectivity index (χ1n) is 6.31. The Hall–Kier alpha value is -2.48. The topological polar surface area (TPSA) is 81.4 Å². The largest absolute Gasteiger partial charge is 0.357 e. The highest BCUT2D eigenvalue weighted by molar-refractivity contribution is 7.99. The lowest BCUT2D eigenvalue weighted by molar-refractivity contribution is 0.756. The number of hydrogen-bond donors (Lipinski definition) is 1. The van der Waals surface area contributed by atoms with E-state index in [1.165, 1.54) is 11.8 Å². The van der Waals surface area contributed by atoms with E-state index in [1.807, 2.05) is 43.3 Å². The molecule has 0 aliphatic rings. The van der Waals surface area contributed by atoms with Crippen LogP contribution in [0.2, 0.25) is 0 Å². The molecular weight excluding hydrogens is 286 g/mol. The molecule has 7 nitrogen and oxygen atoms in total. The predicted molar refractivity (Wildman–Crippen MR) is 79.6 cm³/mol. The van der Waals surface area contributed by atoms with Crippen LogP contribution in [-0.2, 0) is 0 Å². The Bertz CT molecular complexity index is 741. The van der Waals surface area contributed by atoms with Crippen molar-refractivity contribution in [3.63, 3.8) is 0 Å². The average Bonchev–Trinajstić information content (AvgIpc) is 2.95. The highest BCUT2D eigenvalue weighted by Crippen LogP contribution is 2.26. The molecule has 21 heavy (non-hydrogen) atoms. The molecule has 1 N–H and O–H groups in total. The molecule has 3 aromatic rings. The van der Waals surface area contributed by atoms with Gasteiger partial charge >= 0.3 is 0 Å². The van der Waals surface area contributed by atoms with Crippen molar-refractivity contribution in [2.45, 2.75) is 17.1 Å². The van der Waals surface area contributed by atoms with Gasteiger partial charge in [-0.1, -0.05) is 18.2 Å². The zero-order chi connectivity index (χ0) is 14.7. The van der Waals surface area contributed by atoms with Crippen LogP contribution in [0.5, 0.6) is 0 Å². The number of benzene rings is 1. The van der Waals surface area contributed by atoms with Crippen LogP contribution < -0.4 is 5.32 Å². The second kappa shape index (κ2) is 5.88. The summed E-state index contributed by atoms with van der Waals surface area (Å²) in [4.78, 5) is 8.66. The number of tetrazole rings is 1. The fraction of sp³-hybridized carbons (Fsp3) is 0.154. The van der Waals surface area contributed by atoms with Crippen LogP contribution in [0.15, 0.2) is 46.6 Å². The number of nitrogens with zero attached hydrogens (tertiary/aromatic N) is 6. The summed E-state index contributed by atoms with van der Waals surface area (Å²) in [6.45, 7) is 1.92. The molecule has 0 aliphatic heterocycles. The van der Waals surface area contributed by atoms with Crippen molar-refractivity contribution in [3.8, 4) is 5.69 Å². The fourth-order valence-corrected chi connectivity index (χ4v) is 2.63. The van der Waals surface area contributed by atoms with Gasteiger partial charge in [0.2, 0.25) is 11.1 Å². The van der Waals surface area contributed by atoms with E-state index in [9.17, 15) is 0 Å². The van der Waals surface area contributed by atoms with Crippen LogP contribution in [0.3, 0.4) is 0 Å². The Labute approximate surface area is 125 Å². The van der Waals surface area contributed by atoms with Gasteiger partial charge < -0.3 is 5.32 Å². The number of aromatic nitrogens is 6. The van der Waals surface area contributed by atoms with Crippen LogP contribution in [0, 0.1) is 6.92 Å². The monoisotopic (exact) mass is 299 g/mol. The van der Waals surface area contributed by atoms with Crippen LogP contribution in [0.4, 0.5) is 5.95 Å². The minimum atomic E-state index is 0.580. The third kappa shape index (κ3) is 3.00. The summed E-state index contributed by atoms with van der Waals surface area (Å²) in [6, 6.07) is 11.6. The standard InChI is InChI=1S/C13H13N7S/c1-9-8-11(16-12(14-2)15-9)21-13-17-18-19-20(13)10-6-4-3-5-7-10/h3-8H,1-2H3,(H,14,15,16). The van der Waals surface area contributed by atoms with Gasteiger partial charge in [0.15, 0.2) is 0 Å². The summed E-state index contributed by atoms with van der Waals surface area (Å²) < 4.78 is 1.68. The van der Waals surface area contributed by atoms with Gasteiger partial charge in [0.1, 0.15) is 5.03 Å². The van der Waals surface area contributed by atoms with Gasteiger partial charge in [-0.25, -0.2) is 9.97 Å². The molecule has 0 fully saturated rings. The first-order chi connectivity index (χ1) is 10.3. The Morgan fingerprint density at radius 2 is 1.95 bits per heavy atom. The summed E-state index contributed by atoms with van der Waals surface area (Å²) in [5.74, 6) is 0.580. The maximum absolute atomic E-state index is 4.39. The summed E-state index contributed by atoms with van der Waals surface area (Å²) in [5.41, 5.74) is 1.79. The Balaban J connectivity index is 1.93. The molecule has 0 spiro atoms. The van der Waals surface area contributed by atoms with Crippen LogP contribution in [-0.4, -0.2) is 37.2 Å². The lowest BCUT2D eigenvalue weighted by Gasteiger charge is -2.05. The van der Waals surface area contributed by atoms with Gasteiger partial charge in [0.05, 0.1) is 5.69 Å². The van der Waals surface area contributed by atoms with E-state index in [0.717, 1.165) is 16.4 Å². The lowest BCUT2D eigenvalue weighted by Crippen LogP contribution is -2.01. The van der Waals surface area contributed by atoms with E-state index in [2.05, 4.69) is 30.8 Å². The first kappa shape index (κ1) is 13.5. The molecule has 0 amide bonds. The van der Waals surface area contributed by atoms with Crippen LogP contribution >= 0.6 is 11.8 Å². The first-order valence-corrected chi connectivity index (χ1v) is 7.13. The quantitative estimate of drug-likeness (QED) is 0.737. The number of nitrogens with one attached hydrogen (secondary N) is 1. The molecule has 0 atom stereocenters. The molecule has 8 heteroatoms. The zero-order valence-corrected chi connectivity index (χ0v) is 12.4. The van der Waals surface area contributed by atoms with Crippen molar-refractivity contribution < 1.29 is 0 Å². The Kier molecular flexibility index (Phi) is 3.78. The molecular formula is C13H13N7S. The number of rotatable bonds is 4. The molecule has 106 valence electrons. The summed E-state index contributed by atoms with van der Waals surface area (Å²) >= 11 is 1.40. The van der Waals surface area contributed by atoms with Gasteiger partial charge in [0.25, 0.3) is 0 Å². The predicted octanol–water partition coefficient (Wildman–Crippen LogP) is 1.95. The van der Waals surface area contributed by atoms with Crippen molar-refractivity contribution in [2.24, 2.45) is 0 Å². The van der Waals surface area contributed by atoms with Gasteiger partial charge in [-0.05, 0) is 47.3 Å². The third-order valence-corrected chi connectivity index (χ3v) is 3.55. The van der Waals surface area contributed by atoms with E-state index in [1.54, 1.807) is 11.7 Å². The van der Waals surface area contributed by atoms with Crippen LogP contribution in [0.1, 0.15) is 5.69 Å². The SMILES string of the molecule is CNc1nc(C)cc(Sc2nnnn2-c2ccccc2)n1. The molecule has 0 bridgehead atoms. The third-order valence-electron chi connectivity index (χ3n) is 2.69. The Morgan fingerprint density at radius 1 is 1.14 bits per heavy atom. The van der Waals surface area contributed by atoms with Crippen molar-refractivity contribution in [1.29, 1.82) is 0 Å². The molecule has 2 heterocycles. The van der Waals surface area contributed by atoms with E-state index in [0.29, 0.717) is 11.1 Å². The summed E-state index contributed by atoms with van der Waals surface area (Å²) in [6.07, 6.45) is 0. The minimum Gasteiger partial charge on any atom is -0.357 e. The van der Waals surface area contributed by atoms with Gasteiger partial charge in [-0.15, -0.1) is 5.10 Å². The van der Waals surface area contributed by atoms with Crippen molar-refractivity contribution in [3.05, 3.63) is 42.1 Å². The second-order valence-electron chi connectivity index (χ2n) is 4.23. The fourth-order valence-electron chi connectivity index (χ4n) is 1.77.